The summed E-state index contributed by atoms with van der Waals surface area (Å²) in [4.78, 5) is 29.2. The van der Waals surface area contributed by atoms with Crippen LogP contribution < -0.4 is 0 Å². The van der Waals surface area contributed by atoms with Gasteiger partial charge in [-0.15, -0.1) is 11.3 Å². The predicted octanol–water partition coefficient (Wildman–Crippen LogP) is 1.27. The molecule has 15 heavy (non-hydrogen) atoms. The maximum absolute atomic E-state index is 11.5. The van der Waals surface area contributed by atoms with Crippen LogP contribution in [0.1, 0.15) is 16.8 Å². The Kier molecular flexibility index (Phi) is 2.40. The first-order chi connectivity index (χ1) is 7.08. The minimum Gasteiger partial charge on any atom is -0.270 e. The number of nitrogens with zero attached hydrogens (tertiary/aromatic N) is 2. The van der Waals surface area contributed by atoms with E-state index in [9.17, 15) is 9.59 Å². The van der Waals surface area contributed by atoms with Crippen molar-refractivity contribution in [2.45, 2.75) is 20.4 Å². The van der Waals surface area contributed by atoms with E-state index in [2.05, 4.69) is 4.98 Å². The van der Waals surface area contributed by atoms with Gasteiger partial charge in [0.25, 0.3) is 11.8 Å². The lowest BCUT2D eigenvalue weighted by Gasteiger charge is -2.12. The van der Waals surface area contributed by atoms with Crippen molar-refractivity contribution in [1.82, 2.24) is 9.88 Å². The molecule has 1 aromatic heterocycles. The minimum atomic E-state index is -0.233. The zero-order valence-electron chi connectivity index (χ0n) is 8.48. The summed E-state index contributed by atoms with van der Waals surface area (Å²) in [5.41, 5.74) is 0.501. The fourth-order valence-electron chi connectivity index (χ4n) is 1.42. The SMILES string of the molecule is CC1=CC(=O)N(Cc2cnc(C)s2)C1=O. The third-order valence-electron chi connectivity index (χ3n) is 2.17. The molecule has 0 aliphatic carbocycles. The normalized spacial score (nSPS) is 16.1. The molecule has 2 heterocycles. The Balaban J connectivity index is 2.15. The molecule has 0 radical (unpaired) electrons. The van der Waals surface area contributed by atoms with Crippen molar-refractivity contribution in [3.63, 3.8) is 0 Å². The Bertz CT molecular complexity index is 462. The van der Waals surface area contributed by atoms with Crippen LogP contribution in [-0.4, -0.2) is 21.7 Å². The molecule has 1 aliphatic heterocycles. The van der Waals surface area contributed by atoms with Gasteiger partial charge in [0.2, 0.25) is 0 Å². The molecule has 0 saturated carbocycles. The Morgan fingerprint density at radius 3 is 2.60 bits per heavy atom. The third-order valence-corrected chi connectivity index (χ3v) is 3.07. The first kappa shape index (κ1) is 10.0. The highest BCUT2D eigenvalue weighted by molar-refractivity contribution is 7.11. The van der Waals surface area contributed by atoms with Crippen LogP contribution in [0.15, 0.2) is 17.8 Å². The Labute approximate surface area is 91.2 Å². The van der Waals surface area contributed by atoms with Gasteiger partial charge < -0.3 is 0 Å². The Morgan fingerprint density at radius 1 is 1.40 bits per heavy atom. The monoisotopic (exact) mass is 222 g/mol. The van der Waals surface area contributed by atoms with E-state index in [0.717, 1.165) is 9.88 Å². The molecule has 78 valence electrons. The van der Waals surface area contributed by atoms with E-state index in [1.54, 1.807) is 13.1 Å². The number of rotatable bonds is 2. The summed E-state index contributed by atoms with van der Waals surface area (Å²) in [6.07, 6.45) is 3.07. The van der Waals surface area contributed by atoms with E-state index in [1.165, 1.54) is 22.3 Å². The maximum atomic E-state index is 11.5. The van der Waals surface area contributed by atoms with E-state index in [-0.39, 0.29) is 11.8 Å². The van der Waals surface area contributed by atoms with Crippen LogP contribution in [0, 0.1) is 6.92 Å². The van der Waals surface area contributed by atoms with Gasteiger partial charge in [-0.1, -0.05) is 0 Å². The molecule has 1 aromatic rings. The molecule has 0 aromatic carbocycles. The number of thiazole rings is 1. The van der Waals surface area contributed by atoms with Crippen LogP contribution in [0.3, 0.4) is 0 Å². The summed E-state index contributed by atoms with van der Waals surface area (Å²) in [6.45, 7) is 3.88. The molecule has 4 nitrogen and oxygen atoms in total. The molecule has 0 saturated heterocycles. The summed E-state index contributed by atoms with van der Waals surface area (Å²) in [5.74, 6) is -0.436. The lowest BCUT2D eigenvalue weighted by atomic mass is 10.3. The van der Waals surface area contributed by atoms with Gasteiger partial charge in [0.15, 0.2) is 0 Å². The van der Waals surface area contributed by atoms with Crippen molar-refractivity contribution in [2.24, 2.45) is 0 Å². The molecule has 0 N–H and O–H groups in total. The van der Waals surface area contributed by atoms with Crippen LogP contribution in [0.2, 0.25) is 0 Å². The highest BCUT2D eigenvalue weighted by Crippen LogP contribution is 2.19. The average Bonchev–Trinajstić information content (AvgIpc) is 2.67. The fourth-order valence-corrected chi connectivity index (χ4v) is 2.21. The first-order valence-corrected chi connectivity index (χ1v) is 5.35. The lowest BCUT2D eigenvalue weighted by molar-refractivity contribution is -0.137. The Morgan fingerprint density at radius 2 is 2.13 bits per heavy atom. The van der Waals surface area contributed by atoms with Crippen molar-refractivity contribution < 1.29 is 9.59 Å². The van der Waals surface area contributed by atoms with Gasteiger partial charge in [-0.25, -0.2) is 4.98 Å². The molecule has 0 unspecified atom stereocenters. The van der Waals surface area contributed by atoms with Crippen molar-refractivity contribution >= 4 is 23.2 Å². The second-order valence-electron chi connectivity index (χ2n) is 3.40. The zero-order chi connectivity index (χ0) is 11.0. The molecular formula is C10H10N2O2S. The van der Waals surface area contributed by atoms with E-state index in [0.29, 0.717) is 12.1 Å². The smallest absolute Gasteiger partial charge is 0.256 e. The molecule has 0 bridgehead atoms. The van der Waals surface area contributed by atoms with Gasteiger partial charge in [-0.3, -0.25) is 14.5 Å². The number of carbonyl (C=O) groups is 2. The number of amides is 2. The summed E-state index contributed by atoms with van der Waals surface area (Å²) >= 11 is 1.50. The van der Waals surface area contributed by atoms with Gasteiger partial charge in [0, 0.05) is 22.7 Å². The number of carbonyl (C=O) groups excluding carboxylic acids is 2. The van der Waals surface area contributed by atoms with Crippen LogP contribution in [0.25, 0.3) is 0 Å². The molecule has 0 spiro atoms. The number of hydrogen-bond donors (Lipinski definition) is 0. The van der Waals surface area contributed by atoms with Crippen LogP contribution in [0.5, 0.6) is 0 Å². The number of aromatic nitrogens is 1. The van der Waals surface area contributed by atoms with E-state index < -0.39 is 0 Å². The summed E-state index contributed by atoms with van der Waals surface area (Å²) in [6, 6.07) is 0. The topological polar surface area (TPSA) is 50.3 Å². The number of aryl methyl sites for hydroxylation is 1. The highest BCUT2D eigenvalue weighted by atomic mass is 32.1. The molecule has 2 amide bonds. The molecular weight excluding hydrogens is 212 g/mol. The number of imide groups is 1. The van der Waals surface area contributed by atoms with Crippen molar-refractivity contribution in [1.29, 1.82) is 0 Å². The van der Waals surface area contributed by atoms with Crippen molar-refractivity contribution in [2.75, 3.05) is 0 Å². The predicted molar refractivity (Wildman–Crippen MR) is 56.2 cm³/mol. The quantitative estimate of drug-likeness (QED) is 0.708. The van der Waals surface area contributed by atoms with Gasteiger partial charge in [-0.05, 0) is 13.8 Å². The van der Waals surface area contributed by atoms with Gasteiger partial charge in [-0.2, -0.15) is 0 Å². The van der Waals surface area contributed by atoms with Gasteiger partial charge in [0.05, 0.1) is 11.6 Å². The first-order valence-electron chi connectivity index (χ1n) is 4.53. The van der Waals surface area contributed by atoms with Crippen LogP contribution in [-0.2, 0) is 16.1 Å². The molecule has 5 heteroatoms. The molecule has 0 atom stereocenters. The standard InChI is InChI=1S/C10H10N2O2S/c1-6-3-9(13)12(10(6)14)5-8-4-11-7(2)15-8/h3-4H,5H2,1-2H3. The summed E-state index contributed by atoms with van der Waals surface area (Å²) < 4.78 is 0. The molecule has 0 fully saturated rings. The average molecular weight is 222 g/mol. The lowest BCUT2D eigenvalue weighted by Crippen LogP contribution is -2.29. The molecule has 2 rings (SSSR count). The molecule has 1 aliphatic rings. The van der Waals surface area contributed by atoms with Crippen molar-refractivity contribution in [3.8, 4) is 0 Å². The number of hydrogen-bond acceptors (Lipinski definition) is 4. The van der Waals surface area contributed by atoms with E-state index in [4.69, 9.17) is 0 Å². The van der Waals surface area contributed by atoms with Gasteiger partial charge >= 0.3 is 0 Å². The minimum absolute atomic E-state index is 0.203. The van der Waals surface area contributed by atoms with Crippen molar-refractivity contribution in [3.05, 3.63) is 27.7 Å². The summed E-state index contributed by atoms with van der Waals surface area (Å²) in [7, 11) is 0. The highest BCUT2D eigenvalue weighted by Gasteiger charge is 2.28. The van der Waals surface area contributed by atoms with Gasteiger partial charge in [0.1, 0.15) is 0 Å². The van der Waals surface area contributed by atoms with E-state index in [1.807, 2.05) is 6.92 Å². The van der Waals surface area contributed by atoms with E-state index >= 15 is 0 Å². The third kappa shape index (κ3) is 1.83. The largest absolute Gasteiger partial charge is 0.270 e. The Hall–Kier alpha value is -1.49. The second-order valence-corrected chi connectivity index (χ2v) is 4.72. The van der Waals surface area contributed by atoms with Crippen LogP contribution in [0.4, 0.5) is 0 Å². The fraction of sp³-hybridized carbons (Fsp3) is 0.300. The van der Waals surface area contributed by atoms with Crippen LogP contribution >= 0.6 is 11.3 Å². The zero-order valence-corrected chi connectivity index (χ0v) is 9.30. The summed E-state index contributed by atoms with van der Waals surface area (Å²) in [5, 5.41) is 0.939. The maximum Gasteiger partial charge on any atom is 0.256 e. The second kappa shape index (κ2) is 3.58.